The maximum Gasteiger partial charge on any atom is 0.387 e. The molecule has 1 amide bonds. The van der Waals surface area contributed by atoms with Gasteiger partial charge in [-0.15, -0.1) is 0 Å². The Balaban J connectivity index is 1.63. The summed E-state index contributed by atoms with van der Waals surface area (Å²) in [5.41, 5.74) is 1.43. The average molecular weight is 333 g/mol. The SMILES string of the molecule is O=C(c1cccc(OC(F)F)c1)N1CCN(c2ccncc2)CC1. The summed E-state index contributed by atoms with van der Waals surface area (Å²) in [5, 5.41) is 0. The number of halogens is 2. The van der Waals surface area contributed by atoms with Crippen LogP contribution in [0.1, 0.15) is 10.4 Å². The van der Waals surface area contributed by atoms with Gasteiger partial charge in [0.1, 0.15) is 5.75 Å². The van der Waals surface area contributed by atoms with Gasteiger partial charge in [-0.25, -0.2) is 0 Å². The molecular weight excluding hydrogens is 316 g/mol. The zero-order valence-corrected chi connectivity index (χ0v) is 12.9. The van der Waals surface area contributed by atoms with Crippen LogP contribution in [0, 0.1) is 0 Å². The summed E-state index contributed by atoms with van der Waals surface area (Å²) in [5.74, 6) is -0.185. The standard InChI is InChI=1S/C17H17F2N3O2/c18-17(19)24-15-3-1-2-13(12-15)16(23)22-10-8-21(9-11-22)14-4-6-20-7-5-14/h1-7,12,17H,8-11H2. The van der Waals surface area contributed by atoms with Crippen LogP contribution in [0.5, 0.6) is 5.75 Å². The molecule has 1 aliphatic heterocycles. The molecule has 0 unspecified atom stereocenters. The van der Waals surface area contributed by atoms with Crippen molar-refractivity contribution in [2.45, 2.75) is 6.61 Å². The summed E-state index contributed by atoms with van der Waals surface area (Å²) in [4.78, 5) is 20.4. The van der Waals surface area contributed by atoms with Gasteiger partial charge in [0.15, 0.2) is 0 Å². The molecule has 24 heavy (non-hydrogen) atoms. The van der Waals surface area contributed by atoms with Gasteiger partial charge in [0.05, 0.1) is 0 Å². The third-order valence-electron chi connectivity index (χ3n) is 3.90. The molecule has 0 aliphatic carbocycles. The smallest absolute Gasteiger partial charge is 0.387 e. The number of anilines is 1. The van der Waals surface area contributed by atoms with E-state index in [-0.39, 0.29) is 11.7 Å². The van der Waals surface area contributed by atoms with E-state index < -0.39 is 6.61 Å². The monoisotopic (exact) mass is 333 g/mol. The second-order valence-electron chi connectivity index (χ2n) is 5.39. The van der Waals surface area contributed by atoms with Crippen LogP contribution in [-0.2, 0) is 0 Å². The van der Waals surface area contributed by atoms with Gasteiger partial charge in [-0.1, -0.05) is 6.07 Å². The fourth-order valence-electron chi connectivity index (χ4n) is 2.71. The van der Waals surface area contributed by atoms with E-state index in [0.717, 1.165) is 5.69 Å². The summed E-state index contributed by atoms with van der Waals surface area (Å²) in [6.07, 6.45) is 3.47. The molecule has 126 valence electrons. The Labute approximate surface area is 138 Å². The molecule has 1 aromatic carbocycles. The highest BCUT2D eigenvalue weighted by atomic mass is 19.3. The number of amides is 1. The van der Waals surface area contributed by atoms with E-state index in [1.54, 1.807) is 23.4 Å². The van der Waals surface area contributed by atoms with Gasteiger partial charge in [-0.2, -0.15) is 8.78 Å². The van der Waals surface area contributed by atoms with E-state index in [1.807, 2.05) is 12.1 Å². The number of hydrogen-bond acceptors (Lipinski definition) is 4. The van der Waals surface area contributed by atoms with Crippen LogP contribution in [0.2, 0.25) is 0 Å². The molecule has 1 aliphatic rings. The van der Waals surface area contributed by atoms with Crippen LogP contribution in [0.4, 0.5) is 14.5 Å². The van der Waals surface area contributed by atoms with E-state index in [4.69, 9.17) is 0 Å². The largest absolute Gasteiger partial charge is 0.435 e. The van der Waals surface area contributed by atoms with E-state index in [9.17, 15) is 13.6 Å². The molecule has 0 bridgehead atoms. The summed E-state index contributed by atoms with van der Waals surface area (Å²) in [6.45, 7) is -0.340. The highest BCUT2D eigenvalue weighted by molar-refractivity contribution is 5.94. The molecule has 3 rings (SSSR count). The second-order valence-corrected chi connectivity index (χ2v) is 5.39. The quantitative estimate of drug-likeness (QED) is 0.863. The van der Waals surface area contributed by atoms with Crippen molar-refractivity contribution in [1.29, 1.82) is 0 Å². The molecule has 7 heteroatoms. The van der Waals surface area contributed by atoms with Crippen molar-refractivity contribution in [3.63, 3.8) is 0 Å². The second kappa shape index (κ2) is 7.25. The number of ether oxygens (including phenoxy) is 1. The Morgan fingerprint density at radius 1 is 1.08 bits per heavy atom. The molecule has 0 saturated carbocycles. The minimum absolute atomic E-state index is 0.00808. The molecular formula is C17H17F2N3O2. The lowest BCUT2D eigenvalue weighted by Gasteiger charge is -2.36. The van der Waals surface area contributed by atoms with Crippen molar-refractivity contribution >= 4 is 11.6 Å². The van der Waals surface area contributed by atoms with Crippen molar-refractivity contribution in [2.75, 3.05) is 31.1 Å². The van der Waals surface area contributed by atoms with Crippen LogP contribution in [0.15, 0.2) is 48.8 Å². The number of nitrogens with zero attached hydrogens (tertiary/aromatic N) is 3. The topological polar surface area (TPSA) is 45.7 Å². The Bertz CT molecular complexity index is 689. The molecule has 1 fully saturated rings. The number of pyridine rings is 1. The summed E-state index contributed by atoms with van der Waals surface area (Å²) in [6, 6.07) is 9.77. The Kier molecular flexibility index (Phi) is 4.88. The molecule has 1 aromatic heterocycles. The first-order valence-corrected chi connectivity index (χ1v) is 7.62. The van der Waals surface area contributed by atoms with Crippen LogP contribution in [0.3, 0.4) is 0 Å². The number of rotatable bonds is 4. The van der Waals surface area contributed by atoms with Crippen LogP contribution >= 0.6 is 0 Å². The van der Waals surface area contributed by atoms with Gasteiger partial charge in [0.25, 0.3) is 5.91 Å². The zero-order chi connectivity index (χ0) is 16.9. The zero-order valence-electron chi connectivity index (χ0n) is 12.9. The Morgan fingerprint density at radius 2 is 1.79 bits per heavy atom. The highest BCUT2D eigenvalue weighted by Crippen LogP contribution is 2.19. The molecule has 0 radical (unpaired) electrons. The number of carbonyl (C=O) groups excluding carboxylic acids is 1. The third-order valence-corrected chi connectivity index (χ3v) is 3.90. The van der Waals surface area contributed by atoms with E-state index in [1.165, 1.54) is 18.2 Å². The number of aromatic nitrogens is 1. The highest BCUT2D eigenvalue weighted by Gasteiger charge is 2.22. The van der Waals surface area contributed by atoms with Crippen LogP contribution in [-0.4, -0.2) is 48.6 Å². The Hall–Kier alpha value is -2.70. The number of alkyl halides is 2. The minimum Gasteiger partial charge on any atom is -0.435 e. The maximum atomic E-state index is 12.5. The van der Waals surface area contributed by atoms with Crippen molar-refractivity contribution in [2.24, 2.45) is 0 Å². The predicted molar refractivity (Wildman–Crippen MR) is 85.4 cm³/mol. The van der Waals surface area contributed by atoms with E-state index in [2.05, 4.69) is 14.6 Å². The summed E-state index contributed by atoms with van der Waals surface area (Å²) < 4.78 is 28.9. The fraction of sp³-hybridized carbons (Fsp3) is 0.294. The van der Waals surface area contributed by atoms with Gasteiger partial charge >= 0.3 is 6.61 Å². The maximum absolute atomic E-state index is 12.5. The molecule has 0 atom stereocenters. The van der Waals surface area contributed by atoms with Gasteiger partial charge in [-0.05, 0) is 30.3 Å². The van der Waals surface area contributed by atoms with E-state index >= 15 is 0 Å². The van der Waals surface area contributed by atoms with Crippen LogP contribution < -0.4 is 9.64 Å². The summed E-state index contributed by atoms with van der Waals surface area (Å²) in [7, 11) is 0. The third kappa shape index (κ3) is 3.79. The first kappa shape index (κ1) is 16.2. The molecule has 1 saturated heterocycles. The number of piperazine rings is 1. The minimum atomic E-state index is -2.90. The van der Waals surface area contributed by atoms with Gasteiger partial charge < -0.3 is 14.5 Å². The van der Waals surface area contributed by atoms with Gasteiger partial charge in [0, 0.05) is 49.8 Å². The first-order valence-electron chi connectivity index (χ1n) is 7.62. The molecule has 2 heterocycles. The fourth-order valence-corrected chi connectivity index (χ4v) is 2.71. The molecule has 5 nitrogen and oxygen atoms in total. The van der Waals surface area contributed by atoms with Gasteiger partial charge in [0.2, 0.25) is 0 Å². The molecule has 0 N–H and O–H groups in total. The predicted octanol–water partition coefficient (Wildman–Crippen LogP) is 2.65. The Morgan fingerprint density at radius 3 is 2.46 bits per heavy atom. The van der Waals surface area contributed by atoms with E-state index in [0.29, 0.717) is 31.7 Å². The molecule has 2 aromatic rings. The van der Waals surface area contributed by atoms with Crippen molar-refractivity contribution in [3.05, 3.63) is 54.4 Å². The van der Waals surface area contributed by atoms with Crippen LogP contribution in [0.25, 0.3) is 0 Å². The normalized spacial score (nSPS) is 14.8. The van der Waals surface area contributed by atoms with Crippen molar-refractivity contribution in [1.82, 2.24) is 9.88 Å². The number of benzene rings is 1. The molecule has 0 spiro atoms. The summed E-state index contributed by atoms with van der Waals surface area (Å²) >= 11 is 0. The lowest BCUT2D eigenvalue weighted by Crippen LogP contribution is -2.48. The number of carbonyl (C=O) groups is 1. The van der Waals surface area contributed by atoms with Gasteiger partial charge in [-0.3, -0.25) is 9.78 Å². The number of hydrogen-bond donors (Lipinski definition) is 0. The van der Waals surface area contributed by atoms with Crippen molar-refractivity contribution < 1.29 is 18.3 Å². The first-order chi connectivity index (χ1) is 11.6. The average Bonchev–Trinajstić information content (AvgIpc) is 2.62. The lowest BCUT2D eigenvalue weighted by molar-refractivity contribution is -0.0499. The van der Waals surface area contributed by atoms with Crippen molar-refractivity contribution in [3.8, 4) is 5.75 Å². The lowest BCUT2D eigenvalue weighted by atomic mass is 10.1.